The first-order chi connectivity index (χ1) is 10.6. The summed E-state index contributed by atoms with van der Waals surface area (Å²) >= 11 is 0. The number of nitrogens with zero attached hydrogens (tertiary/aromatic N) is 1. The minimum Gasteiger partial charge on any atom is -0.421 e. The van der Waals surface area contributed by atoms with Crippen molar-refractivity contribution in [2.45, 2.75) is 45.8 Å². The fraction of sp³-hybridized carbons (Fsp3) is 0.412. The van der Waals surface area contributed by atoms with Gasteiger partial charge in [0.1, 0.15) is 5.66 Å². The van der Waals surface area contributed by atoms with E-state index in [-0.39, 0.29) is 5.76 Å². The number of carbonyl (C=O) groups excluding carboxylic acids is 2. The molecule has 0 amide bonds. The Labute approximate surface area is 135 Å². The lowest BCUT2D eigenvalue weighted by atomic mass is 9.97. The van der Waals surface area contributed by atoms with Crippen molar-refractivity contribution in [2.75, 3.05) is 0 Å². The van der Waals surface area contributed by atoms with Gasteiger partial charge in [0.15, 0.2) is 5.76 Å². The molecule has 0 spiro atoms. The quantitative estimate of drug-likeness (QED) is 0.386. The molecule has 1 aromatic rings. The molecule has 23 heavy (non-hydrogen) atoms. The van der Waals surface area contributed by atoms with Crippen molar-refractivity contribution in [3.05, 3.63) is 47.4 Å². The smallest absolute Gasteiger partial charge is 0.308 e. The number of esters is 1. The van der Waals surface area contributed by atoms with Crippen molar-refractivity contribution >= 4 is 11.8 Å². The summed E-state index contributed by atoms with van der Waals surface area (Å²) in [5.41, 5.74) is -0.947. The lowest BCUT2D eigenvalue weighted by molar-refractivity contribution is -0.191. The Morgan fingerprint density at radius 1 is 1.13 bits per heavy atom. The van der Waals surface area contributed by atoms with Gasteiger partial charge in [-0.2, -0.15) is 5.06 Å². The van der Waals surface area contributed by atoms with Crippen LogP contribution in [0.25, 0.3) is 0 Å². The molecule has 0 atom stereocenters. The number of carbonyl (C=O) groups is 2. The molecule has 6 nitrogen and oxygen atoms in total. The van der Waals surface area contributed by atoms with Crippen LogP contribution in [-0.4, -0.2) is 33.2 Å². The van der Waals surface area contributed by atoms with Crippen LogP contribution in [0.5, 0.6) is 0 Å². The van der Waals surface area contributed by atoms with Crippen molar-refractivity contribution in [1.29, 1.82) is 0 Å². The van der Waals surface area contributed by atoms with Gasteiger partial charge in [-0.25, -0.2) is 0 Å². The maximum atomic E-state index is 12.8. The van der Waals surface area contributed by atoms with E-state index in [1.807, 2.05) is 0 Å². The third-order valence-electron chi connectivity index (χ3n) is 3.82. The van der Waals surface area contributed by atoms with Gasteiger partial charge in [0, 0.05) is 12.5 Å². The zero-order valence-corrected chi connectivity index (χ0v) is 14.0. The summed E-state index contributed by atoms with van der Waals surface area (Å²) in [5.74, 6) is -1.11. The molecule has 1 aromatic carbocycles. The molecule has 0 bridgehead atoms. The van der Waals surface area contributed by atoms with E-state index in [9.17, 15) is 14.8 Å². The van der Waals surface area contributed by atoms with Crippen LogP contribution in [0.15, 0.2) is 41.8 Å². The van der Waals surface area contributed by atoms with E-state index in [1.165, 1.54) is 6.92 Å². The maximum Gasteiger partial charge on any atom is 0.308 e. The van der Waals surface area contributed by atoms with Crippen LogP contribution in [-0.2, 0) is 9.53 Å². The van der Waals surface area contributed by atoms with E-state index < -0.39 is 23.0 Å². The molecule has 2 rings (SSSR count). The molecular formula is C17H22N2O4. The summed E-state index contributed by atoms with van der Waals surface area (Å²) in [6.45, 7) is 8.25. The molecule has 1 aliphatic heterocycles. The number of hydroxylamine groups is 2. The average Bonchev–Trinajstić information content (AvgIpc) is 2.65. The van der Waals surface area contributed by atoms with Crippen LogP contribution in [0.4, 0.5) is 0 Å². The van der Waals surface area contributed by atoms with E-state index in [0.717, 1.165) is 5.06 Å². The van der Waals surface area contributed by atoms with E-state index in [0.29, 0.717) is 11.3 Å². The van der Waals surface area contributed by atoms with E-state index in [4.69, 9.17) is 4.74 Å². The van der Waals surface area contributed by atoms with Crippen molar-refractivity contribution in [2.24, 2.45) is 0 Å². The van der Waals surface area contributed by atoms with Gasteiger partial charge in [0.25, 0.3) is 0 Å². The normalized spacial score (nSPS) is 21.5. The third kappa shape index (κ3) is 3.13. The first-order valence-corrected chi connectivity index (χ1v) is 7.37. The third-order valence-corrected chi connectivity index (χ3v) is 3.82. The predicted octanol–water partition coefficient (Wildman–Crippen LogP) is 2.45. The van der Waals surface area contributed by atoms with E-state index in [1.54, 1.807) is 58.0 Å². The Morgan fingerprint density at radius 2 is 1.70 bits per heavy atom. The molecule has 0 unspecified atom stereocenters. The summed E-state index contributed by atoms with van der Waals surface area (Å²) in [6, 6.07) is 8.57. The fourth-order valence-corrected chi connectivity index (χ4v) is 2.73. The summed E-state index contributed by atoms with van der Waals surface area (Å²) in [4.78, 5) is 24.3. The molecule has 0 aliphatic carbocycles. The number of allylic oxidation sites excluding steroid dienone is 1. The Hall–Kier alpha value is -2.18. The average molecular weight is 318 g/mol. The van der Waals surface area contributed by atoms with Gasteiger partial charge in [-0.15, -0.1) is 0 Å². The molecule has 1 heterocycles. The van der Waals surface area contributed by atoms with Gasteiger partial charge in [0.2, 0.25) is 5.78 Å². The van der Waals surface area contributed by atoms with Crippen LogP contribution in [0.1, 0.15) is 45.0 Å². The molecule has 6 heteroatoms. The zero-order valence-electron chi connectivity index (χ0n) is 14.0. The van der Waals surface area contributed by atoms with Crippen LogP contribution in [0.3, 0.4) is 0 Å². The van der Waals surface area contributed by atoms with Gasteiger partial charge >= 0.3 is 5.97 Å². The lowest BCUT2D eigenvalue weighted by Crippen LogP contribution is -2.48. The van der Waals surface area contributed by atoms with Crippen LogP contribution >= 0.6 is 0 Å². The first-order valence-electron chi connectivity index (χ1n) is 7.37. The molecule has 124 valence electrons. The summed E-state index contributed by atoms with van der Waals surface area (Å²) in [7, 11) is 0. The molecule has 1 saturated heterocycles. The number of rotatable bonds is 3. The highest BCUT2D eigenvalue weighted by Crippen LogP contribution is 2.37. The van der Waals surface area contributed by atoms with Gasteiger partial charge in [-0.3, -0.25) is 9.59 Å². The Bertz CT molecular complexity index is 662. The number of nitrogens with one attached hydrogen (secondary N) is 1. The minimum atomic E-state index is -0.918. The number of ether oxygens (including phenoxy) is 1. The number of benzene rings is 1. The number of hydrogen-bond acceptors (Lipinski definition) is 6. The van der Waals surface area contributed by atoms with Crippen molar-refractivity contribution in [1.82, 2.24) is 10.4 Å². The number of hydrogen-bond donors (Lipinski definition) is 2. The number of ketones is 1. The second kappa shape index (κ2) is 5.79. The monoisotopic (exact) mass is 318 g/mol. The second-order valence-corrected chi connectivity index (χ2v) is 6.55. The highest BCUT2D eigenvalue weighted by Gasteiger charge is 2.50. The summed E-state index contributed by atoms with van der Waals surface area (Å²) in [5, 5.41) is 14.6. The van der Waals surface area contributed by atoms with Gasteiger partial charge in [0.05, 0.1) is 11.2 Å². The van der Waals surface area contributed by atoms with E-state index >= 15 is 0 Å². The predicted molar refractivity (Wildman–Crippen MR) is 84.5 cm³/mol. The summed E-state index contributed by atoms with van der Waals surface area (Å²) in [6.07, 6.45) is 0. The topological polar surface area (TPSA) is 78.9 Å². The molecule has 0 radical (unpaired) electrons. The molecule has 0 aromatic heterocycles. The largest absolute Gasteiger partial charge is 0.421 e. The Balaban J connectivity index is 2.59. The van der Waals surface area contributed by atoms with Gasteiger partial charge in [-0.05, 0) is 27.7 Å². The molecule has 1 aliphatic rings. The standard InChI is InChI=1S/C17H22N2O4/c1-11(20)23-14(13(21)12-9-7-6-8-10-12)15-16(2,3)19(22)17(4,5)18-15/h6-10,18,22H,1-5H3/b15-14+. The van der Waals surface area contributed by atoms with Crippen LogP contribution < -0.4 is 5.32 Å². The highest BCUT2D eigenvalue weighted by atomic mass is 16.5. The second-order valence-electron chi connectivity index (χ2n) is 6.55. The fourth-order valence-electron chi connectivity index (χ4n) is 2.73. The molecule has 2 N–H and O–H groups in total. The van der Waals surface area contributed by atoms with Gasteiger partial charge in [-0.1, -0.05) is 30.3 Å². The first kappa shape index (κ1) is 17.2. The zero-order chi connectivity index (χ0) is 17.4. The van der Waals surface area contributed by atoms with Crippen LogP contribution in [0.2, 0.25) is 0 Å². The minimum absolute atomic E-state index is 0.0988. The van der Waals surface area contributed by atoms with Crippen molar-refractivity contribution < 1.29 is 19.5 Å². The van der Waals surface area contributed by atoms with Crippen molar-refractivity contribution in [3.63, 3.8) is 0 Å². The maximum absolute atomic E-state index is 12.8. The summed E-state index contributed by atoms with van der Waals surface area (Å²) < 4.78 is 5.22. The van der Waals surface area contributed by atoms with Crippen LogP contribution in [0, 0.1) is 0 Å². The lowest BCUT2D eigenvalue weighted by Gasteiger charge is -2.32. The SMILES string of the molecule is CC(=O)O/C(C(=O)c1ccccc1)=C1/NC(C)(C)N(O)C1(C)C. The highest BCUT2D eigenvalue weighted by molar-refractivity contribution is 6.09. The molecule has 1 fully saturated rings. The Morgan fingerprint density at radius 3 is 2.13 bits per heavy atom. The molecular weight excluding hydrogens is 296 g/mol. The number of Topliss-reactive ketones (excluding diaryl/α,β-unsaturated/α-hetero) is 1. The van der Waals surface area contributed by atoms with E-state index in [2.05, 4.69) is 5.32 Å². The van der Waals surface area contributed by atoms with Crippen molar-refractivity contribution in [3.8, 4) is 0 Å². The van der Waals surface area contributed by atoms with Gasteiger partial charge < -0.3 is 15.3 Å². The molecule has 0 saturated carbocycles. The Kier molecular flexibility index (Phi) is 4.32.